The minimum Gasteiger partial charge on any atom is -0.492 e. The Kier molecular flexibility index (Phi) is 5.42. The van der Waals surface area contributed by atoms with Gasteiger partial charge in [-0.05, 0) is 50.4 Å². The highest BCUT2D eigenvalue weighted by Crippen LogP contribution is 2.29. The van der Waals surface area contributed by atoms with Crippen LogP contribution in [0.2, 0.25) is 0 Å². The monoisotopic (exact) mass is 306 g/mol. The molecule has 0 bridgehead atoms. The molecule has 2 rings (SSSR count). The van der Waals surface area contributed by atoms with Crippen molar-refractivity contribution in [1.82, 2.24) is 4.90 Å². The first-order valence-electron chi connectivity index (χ1n) is 7.73. The molecular weight excluding hydrogens is 280 g/mol. The van der Waals surface area contributed by atoms with Crippen LogP contribution in [0.4, 0.5) is 0 Å². The highest BCUT2D eigenvalue weighted by atomic mass is 16.5. The molecule has 22 heavy (non-hydrogen) atoms. The molecule has 1 fully saturated rings. The Morgan fingerprint density at radius 3 is 2.86 bits per heavy atom. The van der Waals surface area contributed by atoms with Crippen molar-refractivity contribution in [3.8, 4) is 5.75 Å². The van der Waals surface area contributed by atoms with Crippen LogP contribution in [0.1, 0.15) is 24.0 Å². The summed E-state index contributed by atoms with van der Waals surface area (Å²) in [5, 5.41) is 0. The van der Waals surface area contributed by atoms with E-state index in [1.807, 2.05) is 19.9 Å². The molecular formula is C17H26N2O3. The number of nitrogens with zero attached hydrogens (tertiary/aromatic N) is 1. The van der Waals surface area contributed by atoms with Crippen molar-refractivity contribution < 1.29 is 14.3 Å². The molecule has 5 nitrogen and oxygen atoms in total. The van der Waals surface area contributed by atoms with E-state index in [1.54, 1.807) is 7.11 Å². The van der Waals surface area contributed by atoms with Crippen molar-refractivity contribution in [2.24, 2.45) is 5.73 Å². The van der Waals surface area contributed by atoms with Crippen molar-refractivity contribution in [1.29, 1.82) is 0 Å². The number of methoxy groups -OCH3 is 1. The fraction of sp³-hybridized carbons (Fsp3) is 0.588. The number of hydrogen-bond donors (Lipinski definition) is 1. The van der Waals surface area contributed by atoms with E-state index in [0.717, 1.165) is 30.7 Å². The molecule has 0 radical (unpaired) electrons. The maximum atomic E-state index is 11.9. The van der Waals surface area contributed by atoms with E-state index in [4.69, 9.17) is 15.2 Å². The SMILES string of the molecule is COCC1(C(N)=O)CCCN1CCOc1cc(C)ccc1C. The van der Waals surface area contributed by atoms with Gasteiger partial charge in [-0.15, -0.1) is 0 Å². The standard InChI is InChI=1S/C17H26N2O3/c1-13-5-6-14(2)15(11-13)22-10-9-19-8-4-7-17(19,12-21-3)16(18)20/h5-6,11H,4,7-10,12H2,1-3H3,(H2,18,20). The van der Waals surface area contributed by atoms with Gasteiger partial charge in [0.1, 0.15) is 17.9 Å². The highest BCUT2D eigenvalue weighted by Gasteiger charge is 2.46. The number of benzene rings is 1. The van der Waals surface area contributed by atoms with Crippen molar-refractivity contribution in [2.45, 2.75) is 32.2 Å². The smallest absolute Gasteiger partial charge is 0.240 e. The summed E-state index contributed by atoms with van der Waals surface area (Å²) in [5.41, 5.74) is 7.24. The summed E-state index contributed by atoms with van der Waals surface area (Å²) < 4.78 is 11.1. The van der Waals surface area contributed by atoms with Gasteiger partial charge in [0, 0.05) is 13.7 Å². The quantitative estimate of drug-likeness (QED) is 0.832. The molecule has 1 aliphatic heterocycles. The molecule has 1 saturated heterocycles. The van der Waals surface area contributed by atoms with Gasteiger partial charge in [0.05, 0.1) is 6.61 Å². The van der Waals surface area contributed by atoms with E-state index >= 15 is 0 Å². The maximum absolute atomic E-state index is 11.9. The average molecular weight is 306 g/mol. The summed E-state index contributed by atoms with van der Waals surface area (Å²) in [4.78, 5) is 14.0. The van der Waals surface area contributed by atoms with Gasteiger partial charge in [0.2, 0.25) is 5.91 Å². The van der Waals surface area contributed by atoms with Crippen molar-refractivity contribution >= 4 is 5.91 Å². The number of rotatable bonds is 7. The van der Waals surface area contributed by atoms with Gasteiger partial charge in [-0.3, -0.25) is 9.69 Å². The minimum atomic E-state index is -0.681. The Balaban J connectivity index is 1.98. The Morgan fingerprint density at radius 2 is 2.18 bits per heavy atom. The van der Waals surface area contributed by atoms with Crippen LogP contribution in [0.15, 0.2) is 18.2 Å². The van der Waals surface area contributed by atoms with Crippen LogP contribution in [-0.2, 0) is 9.53 Å². The molecule has 1 amide bonds. The molecule has 0 aliphatic carbocycles. The number of carbonyl (C=O) groups is 1. The third-order valence-electron chi connectivity index (χ3n) is 4.43. The Hall–Kier alpha value is -1.59. The maximum Gasteiger partial charge on any atom is 0.240 e. The summed E-state index contributed by atoms with van der Waals surface area (Å²) in [6.07, 6.45) is 1.70. The van der Waals surface area contributed by atoms with Crippen molar-refractivity contribution in [3.05, 3.63) is 29.3 Å². The van der Waals surface area contributed by atoms with Crippen LogP contribution in [-0.4, -0.2) is 49.8 Å². The number of primary amides is 1. The van der Waals surface area contributed by atoms with Crippen LogP contribution >= 0.6 is 0 Å². The van der Waals surface area contributed by atoms with Crippen LogP contribution in [0.25, 0.3) is 0 Å². The Bertz CT molecular complexity index is 533. The zero-order valence-electron chi connectivity index (χ0n) is 13.7. The zero-order valence-corrected chi connectivity index (χ0v) is 13.7. The molecule has 0 saturated carbocycles. The summed E-state index contributed by atoms with van der Waals surface area (Å²) in [7, 11) is 1.60. The fourth-order valence-electron chi connectivity index (χ4n) is 3.14. The van der Waals surface area contributed by atoms with Crippen molar-refractivity contribution in [3.63, 3.8) is 0 Å². The third-order valence-corrected chi connectivity index (χ3v) is 4.43. The van der Waals surface area contributed by atoms with Crippen LogP contribution in [0.3, 0.4) is 0 Å². The molecule has 2 N–H and O–H groups in total. The van der Waals surface area contributed by atoms with Gasteiger partial charge in [0.25, 0.3) is 0 Å². The summed E-state index contributed by atoms with van der Waals surface area (Å²) in [5.74, 6) is 0.592. The van der Waals surface area contributed by atoms with Gasteiger partial charge < -0.3 is 15.2 Å². The van der Waals surface area contributed by atoms with E-state index in [2.05, 4.69) is 17.0 Å². The summed E-state index contributed by atoms with van der Waals surface area (Å²) in [6.45, 7) is 6.46. The first kappa shape index (κ1) is 16.8. The number of nitrogens with two attached hydrogens (primary N) is 1. The zero-order chi connectivity index (χ0) is 16.2. The molecule has 122 valence electrons. The fourth-order valence-corrected chi connectivity index (χ4v) is 3.14. The Labute approximate surface area is 132 Å². The molecule has 1 aromatic rings. The molecule has 1 heterocycles. The van der Waals surface area contributed by atoms with E-state index in [-0.39, 0.29) is 5.91 Å². The largest absolute Gasteiger partial charge is 0.492 e. The van der Waals surface area contributed by atoms with Gasteiger partial charge >= 0.3 is 0 Å². The molecule has 1 aromatic carbocycles. The molecule has 1 aliphatic rings. The van der Waals surface area contributed by atoms with Crippen LogP contribution in [0, 0.1) is 13.8 Å². The van der Waals surface area contributed by atoms with Gasteiger partial charge in [-0.2, -0.15) is 0 Å². The number of hydrogen-bond acceptors (Lipinski definition) is 4. The normalized spacial score (nSPS) is 22.0. The van der Waals surface area contributed by atoms with Crippen molar-refractivity contribution in [2.75, 3.05) is 33.4 Å². The second-order valence-corrected chi connectivity index (χ2v) is 6.04. The van der Waals surface area contributed by atoms with E-state index in [9.17, 15) is 4.79 Å². The van der Waals surface area contributed by atoms with Gasteiger partial charge in [-0.25, -0.2) is 0 Å². The van der Waals surface area contributed by atoms with Gasteiger partial charge in [0.15, 0.2) is 0 Å². The number of aryl methyl sites for hydroxylation is 2. The molecule has 0 aromatic heterocycles. The first-order valence-corrected chi connectivity index (χ1v) is 7.73. The predicted octanol–water partition coefficient (Wildman–Crippen LogP) is 1.65. The minimum absolute atomic E-state index is 0.307. The van der Waals surface area contributed by atoms with E-state index in [0.29, 0.717) is 19.8 Å². The average Bonchev–Trinajstić information content (AvgIpc) is 2.87. The first-order chi connectivity index (χ1) is 10.5. The lowest BCUT2D eigenvalue weighted by Gasteiger charge is -2.35. The summed E-state index contributed by atoms with van der Waals surface area (Å²) >= 11 is 0. The lowest BCUT2D eigenvalue weighted by atomic mass is 9.96. The number of carbonyl (C=O) groups excluding carboxylic acids is 1. The number of amides is 1. The van der Waals surface area contributed by atoms with E-state index in [1.165, 1.54) is 5.56 Å². The molecule has 0 spiro atoms. The van der Waals surface area contributed by atoms with Crippen LogP contribution < -0.4 is 10.5 Å². The van der Waals surface area contributed by atoms with Gasteiger partial charge in [-0.1, -0.05) is 12.1 Å². The second kappa shape index (κ2) is 7.11. The number of ether oxygens (including phenoxy) is 2. The van der Waals surface area contributed by atoms with E-state index < -0.39 is 5.54 Å². The molecule has 5 heteroatoms. The Morgan fingerprint density at radius 1 is 1.41 bits per heavy atom. The highest BCUT2D eigenvalue weighted by molar-refractivity contribution is 5.85. The second-order valence-electron chi connectivity index (χ2n) is 6.04. The number of likely N-dealkylation sites (tertiary alicyclic amines) is 1. The predicted molar refractivity (Wildman–Crippen MR) is 86.0 cm³/mol. The lowest BCUT2D eigenvalue weighted by molar-refractivity contribution is -0.132. The third kappa shape index (κ3) is 3.42. The summed E-state index contributed by atoms with van der Waals surface area (Å²) in [6, 6.07) is 6.16. The lowest BCUT2D eigenvalue weighted by Crippen LogP contribution is -2.57. The molecule has 1 atom stereocenters. The van der Waals surface area contributed by atoms with Crippen LogP contribution in [0.5, 0.6) is 5.75 Å². The topological polar surface area (TPSA) is 64.8 Å². The molecule has 1 unspecified atom stereocenters.